The Morgan fingerprint density at radius 2 is 1.95 bits per heavy atom. The van der Waals surface area contributed by atoms with Crippen LogP contribution in [0, 0.1) is 12.8 Å². The minimum absolute atomic E-state index is 0.603. The van der Waals surface area contributed by atoms with Crippen molar-refractivity contribution >= 4 is 11.6 Å². The molecule has 2 aliphatic rings. The summed E-state index contributed by atoms with van der Waals surface area (Å²) in [6.07, 6.45) is 5.26. The van der Waals surface area contributed by atoms with Gasteiger partial charge in [0.15, 0.2) is 0 Å². The second-order valence-corrected chi connectivity index (χ2v) is 6.01. The Hall–Kier alpha value is -1.32. The molecule has 1 heterocycles. The van der Waals surface area contributed by atoms with Gasteiger partial charge in [-0.1, -0.05) is 0 Å². The molecule has 2 aliphatic carbocycles. The molecule has 1 aromatic rings. The fourth-order valence-electron chi connectivity index (χ4n) is 2.53. The summed E-state index contributed by atoms with van der Waals surface area (Å²) in [5.41, 5.74) is 1.19. The van der Waals surface area contributed by atoms with E-state index in [1.54, 1.807) is 0 Å². The highest BCUT2D eigenvalue weighted by Gasteiger charge is 2.30. The average Bonchev–Trinajstić information content (AvgIpc) is 3.25. The lowest BCUT2D eigenvalue weighted by Crippen LogP contribution is -2.23. The lowest BCUT2D eigenvalue weighted by molar-refractivity contribution is 0.764. The van der Waals surface area contributed by atoms with E-state index < -0.39 is 0 Å². The van der Waals surface area contributed by atoms with Crippen LogP contribution in [0.15, 0.2) is 0 Å². The van der Waals surface area contributed by atoms with Crippen molar-refractivity contribution in [2.24, 2.45) is 5.92 Å². The van der Waals surface area contributed by atoms with Crippen molar-refractivity contribution in [3.63, 3.8) is 0 Å². The summed E-state index contributed by atoms with van der Waals surface area (Å²) in [4.78, 5) is 11.9. The molecule has 2 fully saturated rings. The van der Waals surface area contributed by atoms with Crippen LogP contribution in [0.5, 0.6) is 0 Å². The molecule has 1 aromatic heterocycles. The molecule has 0 radical (unpaired) electrons. The third-order valence-electron chi connectivity index (χ3n) is 4.01. The highest BCUT2D eigenvalue weighted by molar-refractivity contribution is 5.58. The Kier molecular flexibility index (Phi) is 3.33. The van der Waals surface area contributed by atoms with Crippen molar-refractivity contribution in [1.29, 1.82) is 0 Å². The van der Waals surface area contributed by atoms with Gasteiger partial charge in [0.25, 0.3) is 0 Å². The van der Waals surface area contributed by atoms with E-state index in [1.807, 2.05) is 0 Å². The van der Waals surface area contributed by atoms with Gasteiger partial charge in [0.05, 0.1) is 0 Å². The molecule has 3 rings (SSSR count). The second kappa shape index (κ2) is 4.99. The van der Waals surface area contributed by atoms with Crippen molar-refractivity contribution in [2.75, 3.05) is 30.4 Å². The van der Waals surface area contributed by atoms with Crippen molar-refractivity contribution in [2.45, 2.75) is 45.4 Å². The first-order valence-electron chi connectivity index (χ1n) is 7.52. The Balaban J connectivity index is 1.90. The summed E-state index contributed by atoms with van der Waals surface area (Å²) in [5.74, 6) is 4.67. The molecule has 1 N–H and O–H groups in total. The van der Waals surface area contributed by atoms with Crippen LogP contribution in [0.25, 0.3) is 0 Å². The Bertz CT molecular complexity index is 463. The lowest BCUT2D eigenvalue weighted by atomic mass is 10.2. The lowest BCUT2D eigenvalue weighted by Gasteiger charge is -2.22. The van der Waals surface area contributed by atoms with E-state index in [-0.39, 0.29) is 0 Å². The standard InChI is InChI=1S/C15H24N4/c1-4-16-13-10(2)15(19(3)9-11-5-6-11)18-14(17-13)12-7-8-12/h11-12H,4-9H2,1-3H3,(H,16,17,18). The molecule has 4 nitrogen and oxygen atoms in total. The first-order chi connectivity index (χ1) is 9.19. The molecule has 0 spiro atoms. The van der Waals surface area contributed by atoms with Gasteiger partial charge in [-0.05, 0) is 45.4 Å². The van der Waals surface area contributed by atoms with Crippen LogP contribution < -0.4 is 10.2 Å². The molecule has 104 valence electrons. The van der Waals surface area contributed by atoms with Crippen LogP contribution in [0.3, 0.4) is 0 Å². The van der Waals surface area contributed by atoms with Crippen LogP contribution in [0.2, 0.25) is 0 Å². The SMILES string of the molecule is CCNc1nc(C2CC2)nc(N(C)CC2CC2)c1C. The summed E-state index contributed by atoms with van der Waals surface area (Å²) in [6.45, 7) is 6.29. The van der Waals surface area contributed by atoms with Gasteiger partial charge in [-0.3, -0.25) is 0 Å². The normalized spacial score (nSPS) is 18.5. The van der Waals surface area contributed by atoms with Gasteiger partial charge in [-0.25, -0.2) is 9.97 Å². The van der Waals surface area contributed by atoms with Gasteiger partial charge in [-0.15, -0.1) is 0 Å². The predicted molar refractivity (Wildman–Crippen MR) is 78.9 cm³/mol. The van der Waals surface area contributed by atoms with Crippen LogP contribution in [0.4, 0.5) is 11.6 Å². The summed E-state index contributed by atoms with van der Waals surface area (Å²) in [7, 11) is 2.17. The molecule has 0 saturated heterocycles. The smallest absolute Gasteiger partial charge is 0.137 e. The number of hydrogen-bond acceptors (Lipinski definition) is 4. The molecular weight excluding hydrogens is 236 g/mol. The molecule has 0 atom stereocenters. The Morgan fingerprint density at radius 3 is 2.53 bits per heavy atom. The van der Waals surface area contributed by atoms with E-state index in [0.717, 1.165) is 36.5 Å². The number of nitrogens with one attached hydrogen (secondary N) is 1. The van der Waals surface area contributed by atoms with Gasteiger partial charge in [0, 0.05) is 31.6 Å². The molecule has 0 amide bonds. The zero-order valence-electron chi connectivity index (χ0n) is 12.2. The molecule has 0 unspecified atom stereocenters. The monoisotopic (exact) mass is 260 g/mol. The summed E-state index contributed by atoms with van der Waals surface area (Å²) in [6, 6.07) is 0. The maximum Gasteiger partial charge on any atom is 0.137 e. The minimum Gasteiger partial charge on any atom is -0.370 e. The predicted octanol–water partition coefficient (Wildman–Crippen LogP) is 2.94. The third kappa shape index (κ3) is 2.82. The second-order valence-electron chi connectivity index (χ2n) is 6.01. The van der Waals surface area contributed by atoms with Crippen LogP contribution in [0.1, 0.15) is 49.9 Å². The highest BCUT2D eigenvalue weighted by Crippen LogP contribution is 2.40. The van der Waals surface area contributed by atoms with Gasteiger partial charge in [0.1, 0.15) is 17.5 Å². The fourth-order valence-corrected chi connectivity index (χ4v) is 2.53. The fraction of sp³-hybridized carbons (Fsp3) is 0.733. The molecule has 19 heavy (non-hydrogen) atoms. The molecule has 4 heteroatoms. The molecule has 0 bridgehead atoms. The minimum atomic E-state index is 0.603. The maximum absolute atomic E-state index is 4.83. The van der Waals surface area contributed by atoms with Crippen molar-refractivity contribution in [1.82, 2.24) is 9.97 Å². The largest absolute Gasteiger partial charge is 0.370 e. The van der Waals surface area contributed by atoms with Crippen LogP contribution in [-0.2, 0) is 0 Å². The third-order valence-corrected chi connectivity index (χ3v) is 4.01. The Morgan fingerprint density at radius 1 is 1.21 bits per heavy atom. The summed E-state index contributed by atoms with van der Waals surface area (Å²) < 4.78 is 0. The Labute approximate surface area is 115 Å². The highest BCUT2D eigenvalue weighted by atomic mass is 15.2. The number of rotatable bonds is 6. The van der Waals surface area contributed by atoms with Gasteiger partial charge in [0.2, 0.25) is 0 Å². The zero-order chi connectivity index (χ0) is 13.4. The topological polar surface area (TPSA) is 41.1 Å². The summed E-state index contributed by atoms with van der Waals surface area (Å²) >= 11 is 0. The van der Waals surface area contributed by atoms with Gasteiger partial charge in [-0.2, -0.15) is 0 Å². The number of anilines is 2. The van der Waals surface area contributed by atoms with Crippen LogP contribution >= 0.6 is 0 Å². The van der Waals surface area contributed by atoms with Crippen LogP contribution in [-0.4, -0.2) is 30.1 Å². The van der Waals surface area contributed by atoms with E-state index in [4.69, 9.17) is 9.97 Å². The van der Waals surface area contributed by atoms with Crippen molar-refractivity contribution < 1.29 is 0 Å². The van der Waals surface area contributed by atoms with Crippen molar-refractivity contribution in [3.8, 4) is 0 Å². The molecule has 0 aliphatic heterocycles. The van der Waals surface area contributed by atoms with E-state index >= 15 is 0 Å². The summed E-state index contributed by atoms with van der Waals surface area (Å²) in [5, 5.41) is 3.39. The average molecular weight is 260 g/mol. The molecule has 2 saturated carbocycles. The zero-order valence-corrected chi connectivity index (χ0v) is 12.2. The maximum atomic E-state index is 4.83. The van der Waals surface area contributed by atoms with Crippen molar-refractivity contribution in [3.05, 3.63) is 11.4 Å². The van der Waals surface area contributed by atoms with E-state index in [0.29, 0.717) is 5.92 Å². The van der Waals surface area contributed by atoms with E-state index in [1.165, 1.54) is 31.2 Å². The molecule has 0 aromatic carbocycles. The molecular formula is C15H24N4. The quantitative estimate of drug-likeness (QED) is 0.854. The first-order valence-corrected chi connectivity index (χ1v) is 7.52. The van der Waals surface area contributed by atoms with Gasteiger partial charge >= 0.3 is 0 Å². The number of aromatic nitrogens is 2. The van der Waals surface area contributed by atoms with E-state index in [9.17, 15) is 0 Å². The van der Waals surface area contributed by atoms with E-state index in [2.05, 4.69) is 31.1 Å². The van der Waals surface area contributed by atoms with Gasteiger partial charge < -0.3 is 10.2 Å². The number of hydrogen-bond donors (Lipinski definition) is 1. The number of nitrogens with zero attached hydrogens (tertiary/aromatic N) is 3. The first kappa shape index (κ1) is 12.7.